The number of rotatable bonds is 3. The second-order valence-electron chi connectivity index (χ2n) is 5.39. The number of nitrogens with one attached hydrogen (secondary N) is 2. The van der Waals surface area contributed by atoms with Crippen LogP contribution in [0, 0.1) is 13.8 Å². The van der Waals surface area contributed by atoms with Gasteiger partial charge >= 0.3 is 0 Å². The van der Waals surface area contributed by atoms with Gasteiger partial charge in [-0.1, -0.05) is 0 Å². The van der Waals surface area contributed by atoms with Crippen LogP contribution >= 0.6 is 0 Å². The highest BCUT2D eigenvalue weighted by Gasteiger charge is 2.23. The van der Waals surface area contributed by atoms with Crippen LogP contribution in [0.5, 0.6) is 0 Å². The van der Waals surface area contributed by atoms with Crippen molar-refractivity contribution < 1.29 is 4.79 Å². The van der Waals surface area contributed by atoms with Crippen LogP contribution in [0.15, 0.2) is 18.3 Å². The predicted octanol–water partition coefficient (Wildman–Crippen LogP) is 2.05. The number of aromatic amines is 1. The Morgan fingerprint density at radius 3 is 2.86 bits per heavy atom. The van der Waals surface area contributed by atoms with E-state index in [0.717, 1.165) is 22.3 Å². The summed E-state index contributed by atoms with van der Waals surface area (Å²) in [5.41, 5.74) is 3.41. The molecular formula is C15H18N6O. The van der Waals surface area contributed by atoms with Gasteiger partial charge in [0, 0.05) is 24.5 Å². The van der Waals surface area contributed by atoms with Crippen LogP contribution in [0.2, 0.25) is 0 Å². The third-order valence-corrected chi connectivity index (χ3v) is 3.97. The molecule has 0 aliphatic rings. The van der Waals surface area contributed by atoms with E-state index in [1.54, 1.807) is 10.9 Å². The summed E-state index contributed by atoms with van der Waals surface area (Å²) in [7, 11) is 1.88. The Hall–Kier alpha value is -2.70. The number of hydrogen-bond donors (Lipinski definition) is 2. The van der Waals surface area contributed by atoms with Crippen LogP contribution in [0.1, 0.15) is 29.8 Å². The monoisotopic (exact) mass is 298 g/mol. The molecule has 0 bridgehead atoms. The summed E-state index contributed by atoms with van der Waals surface area (Å²) < 4.78 is 1.80. The number of pyridine rings is 1. The number of H-pyrrole nitrogens is 1. The van der Waals surface area contributed by atoms with E-state index in [-0.39, 0.29) is 11.8 Å². The molecule has 1 atom stereocenters. The van der Waals surface area contributed by atoms with E-state index in [1.807, 2.05) is 40.0 Å². The largest absolute Gasteiger partial charge is 0.310 e. The molecule has 114 valence electrons. The number of aryl methyl sites for hydroxylation is 2. The Morgan fingerprint density at radius 1 is 1.41 bits per heavy atom. The maximum absolute atomic E-state index is 12.6. The molecule has 0 spiro atoms. The van der Waals surface area contributed by atoms with Crippen LogP contribution in [0.4, 0.5) is 5.82 Å². The number of hydrogen-bond acceptors (Lipinski definition) is 4. The molecule has 1 unspecified atom stereocenters. The van der Waals surface area contributed by atoms with Gasteiger partial charge in [0.2, 0.25) is 5.91 Å². The zero-order valence-corrected chi connectivity index (χ0v) is 13.0. The lowest BCUT2D eigenvalue weighted by Crippen LogP contribution is -2.20. The molecule has 3 heterocycles. The van der Waals surface area contributed by atoms with Crippen molar-refractivity contribution in [3.63, 3.8) is 0 Å². The van der Waals surface area contributed by atoms with Gasteiger partial charge in [0.15, 0.2) is 5.65 Å². The van der Waals surface area contributed by atoms with Crippen molar-refractivity contribution in [1.82, 2.24) is 25.0 Å². The molecule has 0 fully saturated rings. The fourth-order valence-corrected chi connectivity index (χ4v) is 2.72. The average Bonchev–Trinajstić information content (AvgIpc) is 3.00. The lowest BCUT2D eigenvalue weighted by atomic mass is 9.98. The summed E-state index contributed by atoms with van der Waals surface area (Å²) in [5.74, 6) is 0.163. The Kier molecular flexibility index (Phi) is 3.40. The minimum atomic E-state index is -0.302. The van der Waals surface area contributed by atoms with E-state index in [0.29, 0.717) is 11.5 Å². The second-order valence-corrected chi connectivity index (χ2v) is 5.39. The minimum Gasteiger partial charge on any atom is -0.310 e. The Balaban J connectivity index is 1.88. The van der Waals surface area contributed by atoms with E-state index in [2.05, 4.69) is 25.6 Å². The first-order valence-corrected chi connectivity index (χ1v) is 7.09. The first-order chi connectivity index (χ1) is 10.5. The molecule has 22 heavy (non-hydrogen) atoms. The van der Waals surface area contributed by atoms with Crippen LogP contribution in [-0.4, -0.2) is 30.9 Å². The van der Waals surface area contributed by atoms with Crippen LogP contribution in [0.25, 0.3) is 11.0 Å². The molecule has 0 aliphatic heterocycles. The molecule has 3 aromatic heterocycles. The Labute approximate surface area is 127 Å². The molecule has 3 aromatic rings. The molecule has 7 nitrogen and oxygen atoms in total. The lowest BCUT2D eigenvalue weighted by Gasteiger charge is -2.12. The normalized spacial score (nSPS) is 12.5. The summed E-state index contributed by atoms with van der Waals surface area (Å²) in [6.45, 7) is 5.76. The Morgan fingerprint density at radius 2 is 2.18 bits per heavy atom. The number of anilines is 1. The van der Waals surface area contributed by atoms with Gasteiger partial charge < -0.3 is 5.32 Å². The smallest absolute Gasteiger partial charge is 0.232 e. The van der Waals surface area contributed by atoms with Gasteiger partial charge in [-0.15, -0.1) is 0 Å². The number of amides is 1. The van der Waals surface area contributed by atoms with E-state index >= 15 is 0 Å². The summed E-state index contributed by atoms with van der Waals surface area (Å²) in [6, 6.07) is 3.68. The number of aromatic nitrogens is 5. The zero-order valence-electron chi connectivity index (χ0n) is 13.0. The second kappa shape index (κ2) is 5.25. The molecule has 7 heteroatoms. The van der Waals surface area contributed by atoms with Crippen molar-refractivity contribution in [2.45, 2.75) is 26.7 Å². The molecule has 1 amide bonds. The maximum Gasteiger partial charge on any atom is 0.232 e. The molecule has 0 saturated heterocycles. The minimum absolute atomic E-state index is 0.103. The molecule has 0 saturated carbocycles. The highest BCUT2D eigenvalue weighted by Crippen LogP contribution is 2.25. The fourth-order valence-electron chi connectivity index (χ4n) is 2.72. The van der Waals surface area contributed by atoms with Crippen molar-refractivity contribution >= 4 is 22.8 Å². The molecule has 0 aromatic carbocycles. The standard InChI is InChI=1S/C15H18N6O/c1-8(12-9(2)20-21(4)10(12)3)15(22)17-14-11-6-5-7-16-13(11)18-19-14/h5-8H,1-4H3,(H2,16,17,18,19,22). The third-order valence-electron chi connectivity index (χ3n) is 3.97. The van der Waals surface area contributed by atoms with Crippen molar-refractivity contribution in [2.75, 3.05) is 5.32 Å². The first kappa shape index (κ1) is 14.2. The third kappa shape index (κ3) is 2.24. The summed E-state index contributed by atoms with van der Waals surface area (Å²) in [5, 5.41) is 15.0. The topological polar surface area (TPSA) is 88.5 Å². The van der Waals surface area contributed by atoms with Crippen molar-refractivity contribution in [2.24, 2.45) is 7.05 Å². The average molecular weight is 298 g/mol. The van der Waals surface area contributed by atoms with Crippen LogP contribution < -0.4 is 5.32 Å². The van der Waals surface area contributed by atoms with Crippen molar-refractivity contribution in [3.05, 3.63) is 35.3 Å². The quantitative estimate of drug-likeness (QED) is 0.774. The van der Waals surface area contributed by atoms with Gasteiger partial charge in [0.1, 0.15) is 5.82 Å². The number of carbonyl (C=O) groups excluding carboxylic acids is 1. The number of carbonyl (C=O) groups is 1. The van der Waals surface area contributed by atoms with Gasteiger partial charge in [-0.05, 0) is 32.9 Å². The molecule has 0 aliphatic carbocycles. The highest BCUT2D eigenvalue weighted by atomic mass is 16.1. The van der Waals surface area contributed by atoms with Gasteiger partial charge in [0.05, 0.1) is 17.0 Å². The van der Waals surface area contributed by atoms with E-state index < -0.39 is 0 Å². The van der Waals surface area contributed by atoms with Gasteiger partial charge in [-0.25, -0.2) is 4.98 Å². The zero-order chi connectivity index (χ0) is 15.9. The van der Waals surface area contributed by atoms with Crippen molar-refractivity contribution in [3.8, 4) is 0 Å². The molecule has 2 N–H and O–H groups in total. The first-order valence-electron chi connectivity index (χ1n) is 7.09. The van der Waals surface area contributed by atoms with E-state index in [9.17, 15) is 4.79 Å². The van der Waals surface area contributed by atoms with E-state index in [4.69, 9.17) is 0 Å². The molecular weight excluding hydrogens is 280 g/mol. The summed E-state index contributed by atoms with van der Waals surface area (Å²) in [4.78, 5) is 16.7. The van der Waals surface area contributed by atoms with Gasteiger partial charge in [-0.2, -0.15) is 10.2 Å². The highest BCUT2D eigenvalue weighted by molar-refractivity contribution is 6.01. The number of nitrogens with zero attached hydrogens (tertiary/aromatic N) is 4. The predicted molar refractivity (Wildman–Crippen MR) is 83.6 cm³/mol. The van der Waals surface area contributed by atoms with Crippen LogP contribution in [-0.2, 0) is 11.8 Å². The SMILES string of the molecule is Cc1nn(C)c(C)c1C(C)C(=O)Nc1[nH]nc2ncccc12. The number of fused-ring (bicyclic) bond motifs is 1. The Bertz CT molecular complexity index is 847. The van der Waals surface area contributed by atoms with Crippen LogP contribution in [0.3, 0.4) is 0 Å². The molecule has 0 radical (unpaired) electrons. The van der Waals surface area contributed by atoms with E-state index in [1.165, 1.54) is 0 Å². The molecule has 3 rings (SSSR count). The van der Waals surface area contributed by atoms with Gasteiger partial charge in [0.25, 0.3) is 0 Å². The van der Waals surface area contributed by atoms with Gasteiger partial charge in [-0.3, -0.25) is 14.6 Å². The summed E-state index contributed by atoms with van der Waals surface area (Å²) in [6.07, 6.45) is 1.67. The van der Waals surface area contributed by atoms with Crippen molar-refractivity contribution in [1.29, 1.82) is 0 Å². The maximum atomic E-state index is 12.6. The fraction of sp³-hybridized carbons (Fsp3) is 0.333. The summed E-state index contributed by atoms with van der Waals surface area (Å²) >= 11 is 0. The lowest BCUT2D eigenvalue weighted by molar-refractivity contribution is -0.117.